The third-order valence-corrected chi connectivity index (χ3v) is 4.05. The van der Waals surface area contributed by atoms with Crippen LogP contribution in [0.15, 0.2) is 23.2 Å². The largest absolute Gasteiger partial charge is 0.504 e. The van der Waals surface area contributed by atoms with Crippen molar-refractivity contribution in [1.82, 2.24) is 5.32 Å². The monoisotopic (exact) mass is 334 g/mol. The number of nitrogens with one attached hydrogen (secondary N) is 1. The van der Waals surface area contributed by atoms with Crippen LogP contribution in [0.2, 0.25) is 0 Å². The van der Waals surface area contributed by atoms with Gasteiger partial charge >= 0.3 is 12.0 Å². The van der Waals surface area contributed by atoms with Gasteiger partial charge in [-0.05, 0) is 38.0 Å². The number of phenols is 1. The third kappa shape index (κ3) is 3.67. The van der Waals surface area contributed by atoms with Gasteiger partial charge in [-0.1, -0.05) is 13.0 Å². The predicted molar refractivity (Wildman–Crippen MR) is 88.4 cm³/mol. The number of nitrogens with zero attached hydrogens (tertiary/aromatic N) is 1. The summed E-state index contributed by atoms with van der Waals surface area (Å²) in [5.41, 5.74) is 1.02. The zero-order chi connectivity index (χ0) is 17.9. The Labute approximate surface area is 140 Å². The van der Waals surface area contributed by atoms with Crippen molar-refractivity contribution >= 4 is 17.7 Å². The van der Waals surface area contributed by atoms with Crippen LogP contribution in [0.4, 0.5) is 4.79 Å². The molecule has 1 heterocycles. The van der Waals surface area contributed by atoms with Crippen LogP contribution in [0.5, 0.6) is 11.5 Å². The molecule has 130 valence electrons. The molecule has 0 aromatic heterocycles. The Morgan fingerprint density at radius 2 is 2.17 bits per heavy atom. The van der Waals surface area contributed by atoms with E-state index in [9.17, 15) is 14.7 Å². The third-order valence-electron chi connectivity index (χ3n) is 4.05. The highest BCUT2D eigenvalue weighted by atomic mass is 16.5. The topological polar surface area (TPSA) is 97.2 Å². The zero-order valence-electron chi connectivity index (χ0n) is 14.2. The SMILES string of the molecule is CCC(C)OC(=O)C1C(C)=NC(=O)NC1c1ccc(O)c(OC)c1. The van der Waals surface area contributed by atoms with Crippen molar-refractivity contribution in [2.75, 3.05) is 7.11 Å². The van der Waals surface area contributed by atoms with Crippen LogP contribution in [0.25, 0.3) is 0 Å². The van der Waals surface area contributed by atoms with Gasteiger partial charge in [-0.2, -0.15) is 0 Å². The molecule has 1 aromatic rings. The van der Waals surface area contributed by atoms with Gasteiger partial charge in [0.15, 0.2) is 11.5 Å². The minimum Gasteiger partial charge on any atom is -0.504 e. The lowest BCUT2D eigenvalue weighted by atomic mass is 9.88. The number of rotatable bonds is 5. The second-order valence-corrected chi connectivity index (χ2v) is 5.75. The number of carbonyl (C=O) groups excluding carboxylic acids is 2. The fourth-order valence-electron chi connectivity index (χ4n) is 2.54. The van der Waals surface area contributed by atoms with Gasteiger partial charge in [0.1, 0.15) is 5.92 Å². The molecular weight excluding hydrogens is 312 g/mol. The number of esters is 1. The van der Waals surface area contributed by atoms with E-state index in [1.807, 2.05) is 13.8 Å². The van der Waals surface area contributed by atoms with Gasteiger partial charge < -0.3 is 19.9 Å². The number of hydrogen-bond acceptors (Lipinski definition) is 5. The highest BCUT2D eigenvalue weighted by molar-refractivity contribution is 6.08. The first kappa shape index (κ1) is 17.8. The molecule has 24 heavy (non-hydrogen) atoms. The van der Waals surface area contributed by atoms with Gasteiger partial charge in [0.05, 0.1) is 19.3 Å². The Bertz CT molecular complexity index is 671. The van der Waals surface area contributed by atoms with Crippen molar-refractivity contribution < 1.29 is 24.2 Å². The van der Waals surface area contributed by atoms with Crippen LogP contribution in [0.1, 0.15) is 38.8 Å². The molecule has 1 aliphatic rings. The van der Waals surface area contributed by atoms with E-state index in [2.05, 4.69) is 10.3 Å². The maximum atomic E-state index is 12.6. The minimum atomic E-state index is -0.731. The number of methoxy groups -OCH3 is 1. The Kier molecular flexibility index (Phi) is 5.43. The Balaban J connectivity index is 2.39. The van der Waals surface area contributed by atoms with Crippen LogP contribution in [0.3, 0.4) is 0 Å². The average molecular weight is 334 g/mol. The number of carbonyl (C=O) groups is 2. The summed E-state index contributed by atoms with van der Waals surface area (Å²) in [5.74, 6) is -0.933. The predicted octanol–water partition coefficient (Wildman–Crippen LogP) is 2.58. The van der Waals surface area contributed by atoms with Crippen LogP contribution < -0.4 is 10.1 Å². The summed E-state index contributed by atoms with van der Waals surface area (Å²) in [4.78, 5) is 28.2. The Hall–Kier alpha value is -2.57. The van der Waals surface area contributed by atoms with Crippen molar-refractivity contribution in [2.24, 2.45) is 10.9 Å². The first-order valence-electron chi connectivity index (χ1n) is 7.80. The van der Waals surface area contributed by atoms with Crippen LogP contribution in [-0.4, -0.2) is 36.0 Å². The summed E-state index contributed by atoms with van der Waals surface area (Å²) in [6.07, 6.45) is 0.469. The highest BCUT2D eigenvalue weighted by Gasteiger charge is 2.38. The molecule has 2 amide bonds. The van der Waals surface area contributed by atoms with Gasteiger partial charge in [-0.3, -0.25) is 4.79 Å². The summed E-state index contributed by atoms with van der Waals surface area (Å²) in [6.45, 7) is 5.36. The lowest BCUT2D eigenvalue weighted by molar-refractivity contribution is -0.151. The van der Waals surface area contributed by atoms with E-state index in [0.29, 0.717) is 17.7 Å². The fourth-order valence-corrected chi connectivity index (χ4v) is 2.54. The van der Waals surface area contributed by atoms with E-state index in [-0.39, 0.29) is 17.6 Å². The average Bonchev–Trinajstić information content (AvgIpc) is 2.54. The number of phenolic OH excluding ortho intramolecular Hbond substituents is 1. The van der Waals surface area contributed by atoms with Gasteiger partial charge in [-0.25, -0.2) is 9.79 Å². The van der Waals surface area contributed by atoms with Crippen molar-refractivity contribution in [3.63, 3.8) is 0 Å². The summed E-state index contributed by atoms with van der Waals surface area (Å²) in [5, 5.41) is 12.4. The number of aliphatic imine (C=N–C) groups is 1. The number of amides is 2. The maximum absolute atomic E-state index is 12.6. The number of benzene rings is 1. The lowest BCUT2D eigenvalue weighted by Gasteiger charge is -2.30. The highest BCUT2D eigenvalue weighted by Crippen LogP contribution is 2.34. The van der Waals surface area contributed by atoms with Crippen molar-refractivity contribution in [3.8, 4) is 11.5 Å². The van der Waals surface area contributed by atoms with Gasteiger partial charge in [0, 0.05) is 5.71 Å². The Morgan fingerprint density at radius 3 is 2.79 bits per heavy atom. The molecule has 3 unspecified atom stereocenters. The molecular formula is C17H22N2O5. The molecule has 0 bridgehead atoms. The molecule has 7 heteroatoms. The smallest absolute Gasteiger partial charge is 0.341 e. The van der Waals surface area contributed by atoms with E-state index in [0.717, 1.165) is 0 Å². The number of hydrogen-bond donors (Lipinski definition) is 2. The second-order valence-electron chi connectivity index (χ2n) is 5.75. The van der Waals surface area contributed by atoms with Gasteiger partial charge in [-0.15, -0.1) is 0 Å². The molecule has 0 aliphatic carbocycles. The van der Waals surface area contributed by atoms with Gasteiger partial charge in [0.2, 0.25) is 0 Å². The molecule has 0 spiro atoms. The minimum absolute atomic E-state index is 0.0208. The van der Waals surface area contributed by atoms with E-state index in [1.54, 1.807) is 19.1 Å². The van der Waals surface area contributed by atoms with Crippen LogP contribution in [0, 0.1) is 5.92 Å². The van der Waals surface area contributed by atoms with Crippen LogP contribution >= 0.6 is 0 Å². The van der Waals surface area contributed by atoms with Crippen molar-refractivity contribution in [3.05, 3.63) is 23.8 Å². The summed E-state index contributed by atoms with van der Waals surface area (Å²) < 4.78 is 10.5. The molecule has 0 radical (unpaired) electrons. The standard InChI is InChI=1S/C17H22N2O5/c1-5-9(2)24-16(21)14-10(3)18-17(22)19-15(14)11-6-7-12(20)13(8-11)23-4/h6-9,14-15,20H,5H2,1-4H3,(H,19,22). The van der Waals surface area contributed by atoms with Gasteiger partial charge in [0.25, 0.3) is 0 Å². The number of urea groups is 1. The molecule has 1 aliphatic heterocycles. The molecule has 2 N–H and O–H groups in total. The van der Waals surface area contributed by atoms with Crippen molar-refractivity contribution in [1.29, 1.82) is 0 Å². The molecule has 0 saturated carbocycles. The normalized spacial score (nSPS) is 21.5. The number of aromatic hydroxyl groups is 1. The second kappa shape index (κ2) is 7.33. The quantitative estimate of drug-likeness (QED) is 0.807. The van der Waals surface area contributed by atoms with Crippen LogP contribution in [-0.2, 0) is 9.53 Å². The molecule has 0 saturated heterocycles. The summed E-state index contributed by atoms with van der Waals surface area (Å²) >= 11 is 0. The van der Waals surface area contributed by atoms with E-state index < -0.39 is 24.0 Å². The lowest BCUT2D eigenvalue weighted by Crippen LogP contribution is -2.44. The molecule has 7 nitrogen and oxygen atoms in total. The molecule has 0 fully saturated rings. The fraction of sp³-hybridized carbons (Fsp3) is 0.471. The first-order valence-corrected chi connectivity index (χ1v) is 7.80. The summed E-state index contributed by atoms with van der Waals surface area (Å²) in [7, 11) is 1.43. The molecule has 3 atom stereocenters. The molecule has 2 rings (SSSR count). The zero-order valence-corrected chi connectivity index (χ0v) is 14.2. The molecule has 1 aromatic carbocycles. The van der Waals surface area contributed by atoms with Crippen molar-refractivity contribution in [2.45, 2.75) is 39.3 Å². The Morgan fingerprint density at radius 1 is 1.46 bits per heavy atom. The van der Waals surface area contributed by atoms with E-state index >= 15 is 0 Å². The number of ether oxygens (including phenoxy) is 2. The first-order chi connectivity index (χ1) is 11.4. The van der Waals surface area contributed by atoms with E-state index in [1.165, 1.54) is 13.2 Å². The maximum Gasteiger partial charge on any atom is 0.341 e. The summed E-state index contributed by atoms with van der Waals surface area (Å²) in [6, 6.07) is 3.52. The van der Waals surface area contributed by atoms with E-state index in [4.69, 9.17) is 9.47 Å².